The first-order chi connectivity index (χ1) is 19.0. The number of thiazole rings is 1. The fourth-order valence-corrected chi connectivity index (χ4v) is 6.09. The molecule has 0 aliphatic carbocycles. The van der Waals surface area contributed by atoms with Crippen LogP contribution >= 0.6 is 35.3 Å². The largest absolute Gasteiger partial charge is 0.495 e. The lowest BCUT2D eigenvalue weighted by molar-refractivity contribution is -0.113. The van der Waals surface area contributed by atoms with Gasteiger partial charge in [0.25, 0.3) is 5.56 Å². The van der Waals surface area contributed by atoms with Gasteiger partial charge in [0.05, 0.1) is 30.8 Å². The number of benzene rings is 3. The predicted molar refractivity (Wildman–Crippen MR) is 159 cm³/mol. The van der Waals surface area contributed by atoms with Crippen molar-refractivity contribution < 1.29 is 14.3 Å². The van der Waals surface area contributed by atoms with E-state index in [-0.39, 0.29) is 17.2 Å². The second-order valence-electron chi connectivity index (χ2n) is 8.19. The summed E-state index contributed by atoms with van der Waals surface area (Å²) in [5.74, 6) is 1.07. The first kappa shape index (κ1) is 26.7. The summed E-state index contributed by atoms with van der Waals surface area (Å²) in [4.78, 5) is 31.6. The Morgan fingerprint density at radius 1 is 1.00 bits per heavy atom. The van der Waals surface area contributed by atoms with Crippen LogP contribution in [0, 0.1) is 3.95 Å². The van der Waals surface area contributed by atoms with Gasteiger partial charge in [0.1, 0.15) is 16.2 Å². The summed E-state index contributed by atoms with van der Waals surface area (Å²) >= 11 is 8.04. The van der Waals surface area contributed by atoms with Gasteiger partial charge in [0.15, 0.2) is 14.8 Å². The molecule has 0 saturated heterocycles. The molecule has 3 aromatic carbocycles. The number of methoxy groups -OCH3 is 1. The molecule has 0 spiro atoms. The van der Waals surface area contributed by atoms with Crippen LogP contribution < -0.4 is 20.3 Å². The smallest absolute Gasteiger partial charge is 0.278 e. The van der Waals surface area contributed by atoms with Crippen molar-refractivity contribution >= 4 is 57.3 Å². The molecule has 198 valence electrons. The van der Waals surface area contributed by atoms with Crippen molar-refractivity contribution in [3.8, 4) is 22.9 Å². The number of fused-ring (bicyclic) bond motifs is 1. The number of nitrogens with one attached hydrogen (secondary N) is 1. The normalized spacial score (nSPS) is 10.9. The summed E-state index contributed by atoms with van der Waals surface area (Å²) in [6.45, 7) is 2.49. The molecule has 1 N–H and O–H groups in total. The molecule has 39 heavy (non-hydrogen) atoms. The van der Waals surface area contributed by atoms with E-state index in [1.807, 2.05) is 73.7 Å². The molecule has 0 radical (unpaired) electrons. The average molecular weight is 577 g/mol. The second-order valence-corrected chi connectivity index (χ2v) is 10.8. The fourth-order valence-electron chi connectivity index (χ4n) is 3.99. The molecule has 5 rings (SSSR count). The summed E-state index contributed by atoms with van der Waals surface area (Å²) in [5.41, 5.74) is 2.18. The minimum atomic E-state index is -0.257. The Kier molecular flexibility index (Phi) is 8.10. The van der Waals surface area contributed by atoms with E-state index < -0.39 is 0 Å². The average Bonchev–Trinajstić information content (AvgIpc) is 3.29. The predicted octanol–water partition coefficient (Wildman–Crippen LogP) is 6.11. The van der Waals surface area contributed by atoms with E-state index in [1.165, 1.54) is 27.7 Å². The Morgan fingerprint density at radius 3 is 2.41 bits per heavy atom. The topological polar surface area (TPSA) is 87.4 Å². The van der Waals surface area contributed by atoms with Crippen molar-refractivity contribution in [1.82, 2.24) is 14.1 Å². The molecular formula is C28H24N4O4S3. The van der Waals surface area contributed by atoms with E-state index >= 15 is 0 Å². The molecule has 8 nitrogen and oxygen atoms in total. The number of hydrogen-bond acceptors (Lipinski definition) is 8. The van der Waals surface area contributed by atoms with Crippen LogP contribution in [0.4, 0.5) is 5.69 Å². The van der Waals surface area contributed by atoms with E-state index in [1.54, 1.807) is 23.8 Å². The lowest BCUT2D eigenvalue weighted by Gasteiger charge is -2.13. The highest BCUT2D eigenvalue weighted by molar-refractivity contribution is 7.99. The molecule has 0 aliphatic heterocycles. The number of amides is 1. The molecule has 0 bridgehead atoms. The Bertz CT molecular complexity index is 1750. The van der Waals surface area contributed by atoms with Crippen LogP contribution in [0.15, 0.2) is 88.8 Å². The number of carbonyl (C=O) groups is 1. The van der Waals surface area contributed by atoms with Gasteiger partial charge in [-0.3, -0.25) is 18.7 Å². The Morgan fingerprint density at radius 2 is 1.69 bits per heavy atom. The highest BCUT2D eigenvalue weighted by Crippen LogP contribution is 2.29. The van der Waals surface area contributed by atoms with Crippen molar-refractivity contribution in [2.45, 2.75) is 12.1 Å². The maximum atomic E-state index is 13.8. The molecule has 0 unspecified atom stereocenters. The maximum Gasteiger partial charge on any atom is 0.278 e. The van der Waals surface area contributed by atoms with Gasteiger partial charge in [-0.15, -0.1) is 0 Å². The standard InChI is InChI=1S/C28H24N4O4S3/c1-3-36-20-15-13-19(14-16-20)31-25-24(39-28(31)37)26(34)32(18-9-5-4-6-10-18)27(30-25)38-17-23(33)29-21-11-7-8-12-22(21)35-2/h4-16H,3,17H2,1-2H3,(H,29,33). The van der Waals surface area contributed by atoms with E-state index in [9.17, 15) is 9.59 Å². The molecule has 0 fully saturated rings. The maximum absolute atomic E-state index is 13.8. The van der Waals surface area contributed by atoms with Gasteiger partial charge in [-0.2, -0.15) is 0 Å². The Hall–Kier alpha value is -3.93. The van der Waals surface area contributed by atoms with Crippen molar-refractivity contribution in [3.63, 3.8) is 0 Å². The van der Waals surface area contributed by atoms with Gasteiger partial charge in [0.2, 0.25) is 5.91 Å². The third-order valence-corrected chi connectivity index (χ3v) is 8.00. The highest BCUT2D eigenvalue weighted by atomic mass is 32.2. The molecular weight excluding hydrogens is 553 g/mol. The van der Waals surface area contributed by atoms with Gasteiger partial charge in [-0.05, 0) is 67.7 Å². The van der Waals surface area contributed by atoms with Crippen molar-refractivity contribution in [1.29, 1.82) is 0 Å². The summed E-state index contributed by atoms with van der Waals surface area (Å²) in [5, 5.41) is 3.24. The Labute approximate surface area is 237 Å². The third-order valence-electron chi connectivity index (χ3n) is 5.71. The molecule has 0 saturated carbocycles. The summed E-state index contributed by atoms with van der Waals surface area (Å²) in [7, 11) is 1.55. The van der Waals surface area contributed by atoms with Crippen LogP contribution in [0.25, 0.3) is 21.7 Å². The number of hydrogen-bond donors (Lipinski definition) is 1. The van der Waals surface area contributed by atoms with Gasteiger partial charge >= 0.3 is 0 Å². The third kappa shape index (κ3) is 5.60. The van der Waals surface area contributed by atoms with Crippen molar-refractivity contribution in [2.24, 2.45) is 0 Å². The van der Waals surface area contributed by atoms with Crippen molar-refractivity contribution in [3.05, 3.63) is 93.2 Å². The molecule has 0 atom stereocenters. The first-order valence-corrected chi connectivity index (χ1v) is 14.2. The second kappa shape index (κ2) is 11.9. The number of thioether (sulfide) groups is 1. The number of ether oxygens (including phenoxy) is 2. The number of aromatic nitrogens is 3. The molecule has 5 aromatic rings. The summed E-state index contributed by atoms with van der Waals surface area (Å²) in [6, 6.07) is 23.9. The summed E-state index contributed by atoms with van der Waals surface area (Å²) < 4.78 is 15.1. The highest BCUT2D eigenvalue weighted by Gasteiger charge is 2.20. The number of anilines is 1. The molecule has 11 heteroatoms. The fraction of sp³-hybridized carbons (Fsp3) is 0.143. The van der Waals surface area contributed by atoms with Gasteiger partial charge in [-0.25, -0.2) is 4.98 Å². The minimum Gasteiger partial charge on any atom is -0.495 e. The molecule has 0 aliphatic rings. The molecule has 2 heterocycles. The zero-order valence-corrected chi connectivity index (χ0v) is 23.6. The van der Waals surface area contributed by atoms with Crippen LogP contribution in [-0.2, 0) is 4.79 Å². The Balaban J connectivity index is 1.56. The van der Waals surface area contributed by atoms with E-state index in [0.717, 1.165) is 11.4 Å². The van der Waals surface area contributed by atoms with Crippen LogP contribution in [0.1, 0.15) is 6.92 Å². The lowest BCUT2D eigenvalue weighted by Crippen LogP contribution is -2.22. The van der Waals surface area contributed by atoms with E-state index in [0.29, 0.717) is 43.2 Å². The van der Waals surface area contributed by atoms with Gasteiger partial charge in [-0.1, -0.05) is 53.4 Å². The number of carbonyl (C=O) groups excluding carboxylic acids is 1. The first-order valence-electron chi connectivity index (χ1n) is 12.0. The summed E-state index contributed by atoms with van der Waals surface area (Å²) in [6.07, 6.45) is 0. The quantitative estimate of drug-likeness (QED) is 0.129. The SMILES string of the molecule is CCOc1ccc(-n2c(=S)sc3c(=O)n(-c4ccccc4)c(SCC(=O)Nc4ccccc4OC)nc32)cc1. The number of nitrogens with zero attached hydrogens (tertiary/aromatic N) is 3. The van der Waals surface area contributed by atoms with Crippen LogP contribution in [-0.4, -0.2) is 39.5 Å². The number of rotatable bonds is 9. The molecule has 2 aromatic heterocycles. The molecule has 1 amide bonds. The van der Waals surface area contributed by atoms with Crippen LogP contribution in [0.3, 0.4) is 0 Å². The van der Waals surface area contributed by atoms with Gasteiger partial charge in [0, 0.05) is 5.69 Å². The van der Waals surface area contributed by atoms with Gasteiger partial charge < -0.3 is 14.8 Å². The number of para-hydroxylation sites is 3. The lowest BCUT2D eigenvalue weighted by atomic mass is 10.3. The van der Waals surface area contributed by atoms with E-state index in [4.69, 9.17) is 26.7 Å². The minimum absolute atomic E-state index is 0.0246. The van der Waals surface area contributed by atoms with Crippen LogP contribution in [0.2, 0.25) is 0 Å². The zero-order chi connectivity index (χ0) is 27.4. The zero-order valence-electron chi connectivity index (χ0n) is 21.1. The monoisotopic (exact) mass is 576 g/mol. The van der Waals surface area contributed by atoms with Crippen molar-refractivity contribution in [2.75, 3.05) is 24.8 Å². The van der Waals surface area contributed by atoms with Crippen LogP contribution in [0.5, 0.6) is 11.5 Å². The van der Waals surface area contributed by atoms with E-state index in [2.05, 4.69) is 5.32 Å².